The summed E-state index contributed by atoms with van der Waals surface area (Å²) in [5, 5.41) is 9.47. The van der Waals surface area contributed by atoms with E-state index in [1.807, 2.05) is 0 Å². The number of rotatable bonds is 5. The molecule has 1 aromatic rings. The van der Waals surface area contributed by atoms with Gasteiger partial charge >= 0.3 is 0 Å². The zero-order chi connectivity index (χ0) is 15.2. The van der Waals surface area contributed by atoms with Crippen molar-refractivity contribution in [3.05, 3.63) is 35.4 Å². The zero-order valence-corrected chi connectivity index (χ0v) is 12.3. The van der Waals surface area contributed by atoms with Crippen molar-refractivity contribution in [2.45, 2.75) is 44.2 Å². The van der Waals surface area contributed by atoms with Crippen LogP contribution in [0.2, 0.25) is 0 Å². The second-order valence-electron chi connectivity index (χ2n) is 5.82. The molecule has 2 rings (SSSR count). The van der Waals surface area contributed by atoms with Crippen LogP contribution in [0.3, 0.4) is 0 Å². The van der Waals surface area contributed by atoms with Crippen molar-refractivity contribution in [3.63, 3.8) is 0 Å². The molecule has 0 amide bonds. The van der Waals surface area contributed by atoms with Gasteiger partial charge in [0.1, 0.15) is 11.6 Å². The fourth-order valence-electron chi connectivity index (χ4n) is 3.00. The molecule has 1 aliphatic heterocycles. The summed E-state index contributed by atoms with van der Waals surface area (Å²) in [4.78, 5) is 2.25. The van der Waals surface area contributed by atoms with Gasteiger partial charge in [0.05, 0.1) is 6.61 Å². The minimum atomic E-state index is -0.594. The van der Waals surface area contributed by atoms with E-state index in [-0.39, 0.29) is 12.6 Å². The maximum absolute atomic E-state index is 13.2. The van der Waals surface area contributed by atoms with Crippen molar-refractivity contribution >= 4 is 0 Å². The first kappa shape index (κ1) is 16.3. The SMILES string of the molecule is NC(CCN1CCCCCC1CO)c1cc(F)cc(F)c1. The first-order chi connectivity index (χ1) is 10.1. The molecule has 0 radical (unpaired) electrons. The Hall–Kier alpha value is -1.04. The summed E-state index contributed by atoms with van der Waals surface area (Å²) in [6.45, 7) is 1.85. The number of aliphatic hydroxyl groups is 1. The van der Waals surface area contributed by atoms with Crippen LogP contribution in [0.4, 0.5) is 8.78 Å². The second-order valence-corrected chi connectivity index (χ2v) is 5.82. The van der Waals surface area contributed by atoms with E-state index in [0.717, 1.165) is 38.4 Å². The predicted molar refractivity (Wildman–Crippen MR) is 78.8 cm³/mol. The molecule has 0 aromatic heterocycles. The van der Waals surface area contributed by atoms with Gasteiger partial charge < -0.3 is 10.8 Å². The van der Waals surface area contributed by atoms with Gasteiger partial charge in [-0.3, -0.25) is 4.90 Å². The van der Waals surface area contributed by atoms with Crippen molar-refractivity contribution in [3.8, 4) is 0 Å². The van der Waals surface area contributed by atoms with E-state index in [2.05, 4.69) is 4.90 Å². The number of hydrogen-bond acceptors (Lipinski definition) is 3. The molecule has 1 heterocycles. The van der Waals surface area contributed by atoms with Gasteiger partial charge in [0.2, 0.25) is 0 Å². The molecule has 1 fully saturated rings. The number of nitrogens with zero attached hydrogens (tertiary/aromatic N) is 1. The minimum absolute atomic E-state index is 0.157. The third-order valence-corrected chi connectivity index (χ3v) is 4.25. The molecule has 118 valence electrons. The minimum Gasteiger partial charge on any atom is -0.395 e. The van der Waals surface area contributed by atoms with Crippen LogP contribution >= 0.6 is 0 Å². The van der Waals surface area contributed by atoms with Crippen LogP contribution in [0, 0.1) is 11.6 Å². The first-order valence-corrected chi connectivity index (χ1v) is 7.66. The largest absolute Gasteiger partial charge is 0.395 e. The number of benzene rings is 1. The standard InChI is InChI=1S/C16H24F2N2O/c17-13-8-12(9-14(18)10-13)16(19)5-7-20-6-3-1-2-4-15(20)11-21/h8-10,15-16,21H,1-7,11,19H2. The Kier molecular flexibility index (Phi) is 6.08. The maximum Gasteiger partial charge on any atom is 0.126 e. The van der Waals surface area contributed by atoms with E-state index in [4.69, 9.17) is 5.73 Å². The molecule has 3 N–H and O–H groups in total. The Labute approximate surface area is 124 Å². The molecule has 0 saturated carbocycles. The highest BCUT2D eigenvalue weighted by Crippen LogP contribution is 2.21. The van der Waals surface area contributed by atoms with Crippen LogP contribution in [0.5, 0.6) is 0 Å². The van der Waals surface area contributed by atoms with Crippen LogP contribution in [0.1, 0.15) is 43.7 Å². The highest BCUT2D eigenvalue weighted by molar-refractivity contribution is 5.21. The molecular formula is C16H24F2N2O. The van der Waals surface area contributed by atoms with E-state index >= 15 is 0 Å². The van der Waals surface area contributed by atoms with Crippen molar-refractivity contribution in [1.29, 1.82) is 0 Å². The Balaban J connectivity index is 1.94. The van der Waals surface area contributed by atoms with Gasteiger partial charge in [-0.1, -0.05) is 12.8 Å². The summed E-state index contributed by atoms with van der Waals surface area (Å²) in [5.41, 5.74) is 6.54. The number of hydrogen-bond donors (Lipinski definition) is 2. The lowest BCUT2D eigenvalue weighted by Gasteiger charge is -2.29. The van der Waals surface area contributed by atoms with Gasteiger partial charge in [-0.05, 0) is 43.5 Å². The predicted octanol–water partition coefficient (Wildman–Crippen LogP) is 2.59. The molecule has 2 atom stereocenters. The summed E-state index contributed by atoms with van der Waals surface area (Å²) < 4.78 is 26.4. The lowest BCUT2D eigenvalue weighted by molar-refractivity contribution is 0.121. The van der Waals surface area contributed by atoms with Crippen molar-refractivity contribution in [1.82, 2.24) is 4.90 Å². The maximum atomic E-state index is 13.2. The lowest BCUT2D eigenvalue weighted by Crippen LogP contribution is -2.39. The normalized spacial score (nSPS) is 22.0. The summed E-state index contributed by atoms with van der Waals surface area (Å²) in [6.07, 6.45) is 5.08. The van der Waals surface area contributed by atoms with Crippen molar-refractivity contribution < 1.29 is 13.9 Å². The number of halogens is 2. The fourth-order valence-corrected chi connectivity index (χ4v) is 3.00. The summed E-state index contributed by atoms with van der Waals surface area (Å²) in [6, 6.07) is 3.23. The topological polar surface area (TPSA) is 49.5 Å². The van der Waals surface area contributed by atoms with E-state index in [0.29, 0.717) is 12.0 Å². The number of likely N-dealkylation sites (tertiary alicyclic amines) is 1. The number of aliphatic hydroxyl groups excluding tert-OH is 1. The van der Waals surface area contributed by atoms with Crippen LogP contribution < -0.4 is 5.73 Å². The van der Waals surface area contributed by atoms with E-state index in [9.17, 15) is 13.9 Å². The Morgan fingerprint density at radius 2 is 1.90 bits per heavy atom. The van der Waals surface area contributed by atoms with Crippen LogP contribution in [0.25, 0.3) is 0 Å². The van der Waals surface area contributed by atoms with Gasteiger partial charge in [0.15, 0.2) is 0 Å². The Bertz CT molecular complexity index is 436. The molecule has 0 aliphatic carbocycles. The van der Waals surface area contributed by atoms with E-state index in [1.165, 1.54) is 18.6 Å². The molecule has 0 spiro atoms. The summed E-state index contributed by atoms with van der Waals surface area (Å²) >= 11 is 0. The van der Waals surface area contributed by atoms with Crippen LogP contribution in [-0.4, -0.2) is 35.7 Å². The molecule has 1 aromatic carbocycles. The van der Waals surface area contributed by atoms with Crippen molar-refractivity contribution in [2.75, 3.05) is 19.7 Å². The highest BCUT2D eigenvalue weighted by Gasteiger charge is 2.21. The third kappa shape index (κ3) is 4.73. The fraction of sp³-hybridized carbons (Fsp3) is 0.625. The highest BCUT2D eigenvalue weighted by atomic mass is 19.1. The van der Waals surface area contributed by atoms with Gasteiger partial charge in [-0.25, -0.2) is 8.78 Å². The quantitative estimate of drug-likeness (QED) is 0.878. The third-order valence-electron chi connectivity index (χ3n) is 4.25. The van der Waals surface area contributed by atoms with Gasteiger partial charge in [-0.15, -0.1) is 0 Å². The molecule has 21 heavy (non-hydrogen) atoms. The van der Waals surface area contributed by atoms with E-state index < -0.39 is 17.7 Å². The smallest absolute Gasteiger partial charge is 0.126 e. The monoisotopic (exact) mass is 298 g/mol. The summed E-state index contributed by atoms with van der Waals surface area (Å²) in [5.74, 6) is -1.19. The van der Waals surface area contributed by atoms with Crippen LogP contribution in [0.15, 0.2) is 18.2 Å². The van der Waals surface area contributed by atoms with Gasteiger partial charge in [0, 0.05) is 24.7 Å². The first-order valence-electron chi connectivity index (χ1n) is 7.66. The van der Waals surface area contributed by atoms with E-state index in [1.54, 1.807) is 0 Å². The molecule has 3 nitrogen and oxygen atoms in total. The average Bonchev–Trinajstić information content (AvgIpc) is 2.68. The molecule has 0 bridgehead atoms. The lowest BCUT2D eigenvalue weighted by atomic mass is 10.0. The van der Waals surface area contributed by atoms with Crippen molar-refractivity contribution in [2.24, 2.45) is 5.73 Å². The molecule has 5 heteroatoms. The summed E-state index contributed by atoms with van der Waals surface area (Å²) in [7, 11) is 0. The van der Waals surface area contributed by atoms with Crippen LogP contribution in [-0.2, 0) is 0 Å². The molecule has 2 unspecified atom stereocenters. The van der Waals surface area contributed by atoms with Gasteiger partial charge in [-0.2, -0.15) is 0 Å². The zero-order valence-electron chi connectivity index (χ0n) is 12.3. The second kappa shape index (κ2) is 7.82. The van der Waals surface area contributed by atoms with Gasteiger partial charge in [0.25, 0.3) is 0 Å². The number of nitrogens with two attached hydrogens (primary N) is 1. The Morgan fingerprint density at radius 1 is 1.19 bits per heavy atom. The molecule has 1 saturated heterocycles. The molecule has 1 aliphatic rings. The Morgan fingerprint density at radius 3 is 2.57 bits per heavy atom. The average molecular weight is 298 g/mol. The molecular weight excluding hydrogens is 274 g/mol.